The van der Waals surface area contributed by atoms with Gasteiger partial charge in [-0.2, -0.15) is 5.10 Å². The molecule has 0 saturated heterocycles. The third-order valence-corrected chi connectivity index (χ3v) is 3.14. The smallest absolute Gasteiger partial charge is 0.264 e. The van der Waals surface area contributed by atoms with E-state index in [4.69, 9.17) is 0 Å². The molecule has 0 aliphatic rings. The summed E-state index contributed by atoms with van der Waals surface area (Å²) in [6, 6.07) is 1.36. The molecular formula is C14H18F2N4O. The molecule has 2 aromatic rings. The number of aryl methyl sites for hydroxylation is 2. The monoisotopic (exact) mass is 296 g/mol. The minimum absolute atomic E-state index is 0.0243. The van der Waals surface area contributed by atoms with Gasteiger partial charge in [-0.3, -0.25) is 4.79 Å². The van der Waals surface area contributed by atoms with Crippen molar-refractivity contribution in [1.82, 2.24) is 20.1 Å². The highest BCUT2D eigenvalue weighted by Crippen LogP contribution is 2.29. The molecule has 0 aliphatic heterocycles. The van der Waals surface area contributed by atoms with Crippen LogP contribution < -0.4 is 5.32 Å². The van der Waals surface area contributed by atoms with Crippen LogP contribution in [0.25, 0.3) is 11.0 Å². The molecule has 0 aromatic carbocycles. The fourth-order valence-electron chi connectivity index (χ4n) is 2.26. The van der Waals surface area contributed by atoms with Crippen LogP contribution in [-0.2, 0) is 11.3 Å². The van der Waals surface area contributed by atoms with Gasteiger partial charge in [-0.25, -0.2) is 18.4 Å². The van der Waals surface area contributed by atoms with E-state index >= 15 is 0 Å². The molecule has 0 saturated carbocycles. The summed E-state index contributed by atoms with van der Waals surface area (Å²) in [6.07, 6.45) is -1.77. The number of halogens is 2. The van der Waals surface area contributed by atoms with Gasteiger partial charge in [-0.15, -0.1) is 0 Å². The second-order valence-corrected chi connectivity index (χ2v) is 4.95. The Bertz CT molecular complexity index is 667. The summed E-state index contributed by atoms with van der Waals surface area (Å²) in [4.78, 5) is 16.0. The molecule has 0 bridgehead atoms. The molecule has 2 aromatic heterocycles. The van der Waals surface area contributed by atoms with E-state index in [1.807, 2.05) is 6.92 Å². The Labute approximate surface area is 121 Å². The number of hydrogen-bond donors (Lipinski definition) is 1. The van der Waals surface area contributed by atoms with Gasteiger partial charge < -0.3 is 5.32 Å². The number of alkyl halides is 2. The van der Waals surface area contributed by atoms with Gasteiger partial charge >= 0.3 is 0 Å². The van der Waals surface area contributed by atoms with Gasteiger partial charge in [0, 0.05) is 17.8 Å². The first-order chi connectivity index (χ1) is 9.93. The minimum Gasteiger partial charge on any atom is -0.355 e. The van der Waals surface area contributed by atoms with E-state index in [0.29, 0.717) is 29.0 Å². The van der Waals surface area contributed by atoms with Gasteiger partial charge in [0.05, 0.1) is 11.1 Å². The average Bonchev–Trinajstić information content (AvgIpc) is 2.72. The van der Waals surface area contributed by atoms with Crippen molar-refractivity contribution in [3.05, 3.63) is 23.0 Å². The lowest BCUT2D eigenvalue weighted by molar-refractivity contribution is -0.121. The molecular weight excluding hydrogens is 278 g/mol. The largest absolute Gasteiger partial charge is 0.355 e. The summed E-state index contributed by atoms with van der Waals surface area (Å²) < 4.78 is 27.7. The van der Waals surface area contributed by atoms with Gasteiger partial charge in [0.15, 0.2) is 5.65 Å². The Kier molecular flexibility index (Phi) is 4.50. The van der Waals surface area contributed by atoms with Crippen LogP contribution in [0.1, 0.15) is 36.7 Å². The third kappa shape index (κ3) is 3.17. The Morgan fingerprint density at radius 2 is 2.14 bits per heavy atom. The number of pyridine rings is 1. The molecule has 0 atom stereocenters. The van der Waals surface area contributed by atoms with Gasteiger partial charge in [-0.1, -0.05) is 6.92 Å². The second kappa shape index (κ2) is 6.15. The summed E-state index contributed by atoms with van der Waals surface area (Å²) >= 11 is 0. The maximum absolute atomic E-state index is 13.2. The lowest BCUT2D eigenvalue weighted by Crippen LogP contribution is -2.28. The van der Waals surface area contributed by atoms with E-state index in [9.17, 15) is 13.6 Å². The highest BCUT2D eigenvalue weighted by molar-refractivity contribution is 5.84. The number of nitrogens with zero attached hydrogens (tertiary/aromatic N) is 3. The van der Waals surface area contributed by atoms with Crippen LogP contribution in [-0.4, -0.2) is 27.2 Å². The van der Waals surface area contributed by atoms with Crippen LogP contribution in [0.4, 0.5) is 8.78 Å². The molecule has 21 heavy (non-hydrogen) atoms. The van der Waals surface area contributed by atoms with Crippen LogP contribution in [0.2, 0.25) is 0 Å². The van der Waals surface area contributed by atoms with E-state index in [0.717, 1.165) is 6.42 Å². The predicted molar refractivity (Wildman–Crippen MR) is 75.3 cm³/mol. The Balaban J connectivity index is 2.44. The van der Waals surface area contributed by atoms with Crippen molar-refractivity contribution in [2.45, 2.75) is 40.2 Å². The molecule has 0 spiro atoms. The molecule has 1 N–H and O–H groups in total. The molecule has 1 amide bonds. The van der Waals surface area contributed by atoms with E-state index in [1.54, 1.807) is 13.8 Å². The first kappa shape index (κ1) is 15.3. The number of nitrogens with one attached hydrogen (secondary N) is 1. The number of aromatic nitrogens is 3. The fraction of sp³-hybridized carbons (Fsp3) is 0.500. The fourth-order valence-corrected chi connectivity index (χ4v) is 2.26. The van der Waals surface area contributed by atoms with Crippen LogP contribution in [0, 0.1) is 13.8 Å². The molecule has 0 radical (unpaired) electrons. The number of carbonyl (C=O) groups excluding carboxylic acids is 1. The van der Waals surface area contributed by atoms with Crippen molar-refractivity contribution >= 4 is 16.9 Å². The predicted octanol–water partition coefficient (Wildman–Crippen LogP) is 2.51. The van der Waals surface area contributed by atoms with Gasteiger partial charge in [0.1, 0.15) is 6.54 Å². The summed E-state index contributed by atoms with van der Waals surface area (Å²) in [5.41, 5.74) is 1.17. The number of fused-ring (bicyclic) bond motifs is 1. The Morgan fingerprint density at radius 3 is 2.76 bits per heavy atom. The molecule has 0 unspecified atom stereocenters. The topological polar surface area (TPSA) is 59.8 Å². The van der Waals surface area contributed by atoms with Crippen molar-refractivity contribution in [3.63, 3.8) is 0 Å². The lowest BCUT2D eigenvalue weighted by Gasteiger charge is -2.06. The van der Waals surface area contributed by atoms with Gasteiger partial charge in [-0.05, 0) is 26.3 Å². The zero-order valence-electron chi connectivity index (χ0n) is 12.3. The zero-order chi connectivity index (χ0) is 15.6. The van der Waals surface area contributed by atoms with Crippen LogP contribution >= 0.6 is 0 Å². The molecule has 2 rings (SSSR count). The minimum atomic E-state index is -2.60. The maximum Gasteiger partial charge on any atom is 0.264 e. The van der Waals surface area contributed by atoms with Gasteiger partial charge in [0.2, 0.25) is 5.91 Å². The number of amides is 1. The van der Waals surface area contributed by atoms with Crippen molar-refractivity contribution < 1.29 is 13.6 Å². The molecule has 2 heterocycles. The van der Waals surface area contributed by atoms with Crippen LogP contribution in [0.3, 0.4) is 0 Å². The molecule has 0 aliphatic carbocycles. The quantitative estimate of drug-likeness (QED) is 0.922. The second-order valence-electron chi connectivity index (χ2n) is 4.95. The van der Waals surface area contributed by atoms with Crippen molar-refractivity contribution in [2.24, 2.45) is 0 Å². The first-order valence-electron chi connectivity index (χ1n) is 6.83. The number of rotatable bonds is 5. The number of carbonyl (C=O) groups is 1. The Morgan fingerprint density at radius 1 is 1.43 bits per heavy atom. The summed E-state index contributed by atoms with van der Waals surface area (Å²) in [7, 11) is 0. The molecule has 7 heteroatoms. The highest BCUT2D eigenvalue weighted by atomic mass is 19.3. The van der Waals surface area contributed by atoms with E-state index in [-0.39, 0.29) is 18.0 Å². The standard InChI is InChI=1S/C14H18F2N4O/c1-4-5-17-11(21)7-20-14-12(9(3)19-20)10(13(15)16)6-8(2)18-14/h6,13H,4-5,7H2,1-3H3,(H,17,21). The molecule has 114 valence electrons. The molecule has 5 nitrogen and oxygen atoms in total. The normalized spacial score (nSPS) is 11.3. The van der Waals surface area contributed by atoms with Crippen molar-refractivity contribution in [3.8, 4) is 0 Å². The average molecular weight is 296 g/mol. The van der Waals surface area contributed by atoms with E-state index in [1.165, 1.54) is 10.7 Å². The third-order valence-electron chi connectivity index (χ3n) is 3.14. The maximum atomic E-state index is 13.2. The molecule has 0 fully saturated rings. The SMILES string of the molecule is CCCNC(=O)Cn1nc(C)c2c(C(F)F)cc(C)nc21. The van der Waals surface area contributed by atoms with E-state index in [2.05, 4.69) is 15.4 Å². The summed E-state index contributed by atoms with van der Waals surface area (Å²) in [5.74, 6) is -0.205. The van der Waals surface area contributed by atoms with Gasteiger partial charge in [0.25, 0.3) is 6.43 Å². The van der Waals surface area contributed by atoms with E-state index < -0.39 is 6.43 Å². The zero-order valence-corrected chi connectivity index (χ0v) is 12.3. The first-order valence-corrected chi connectivity index (χ1v) is 6.83. The highest BCUT2D eigenvalue weighted by Gasteiger charge is 2.20. The number of hydrogen-bond acceptors (Lipinski definition) is 3. The van der Waals surface area contributed by atoms with Crippen molar-refractivity contribution in [1.29, 1.82) is 0 Å². The summed E-state index contributed by atoms with van der Waals surface area (Å²) in [6.45, 7) is 5.80. The van der Waals surface area contributed by atoms with Crippen molar-refractivity contribution in [2.75, 3.05) is 6.54 Å². The lowest BCUT2D eigenvalue weighted by atomic mass is 10.1. The Hall–Kier alpha value is -2.05. The van der Waals surface area contributed by atoms with Crippen LogP contribution in [0.15, 0.2) is 6.07 Å². The van der Waals surface area contributed by atoms with Crippen LogP contribution in [0.5, 0.6) is 0 Å². The summed E-state index contributed by atoms with van der Waals surface area (Å²) in [5, 5.41) is 7.25.